The lowest BCUT2D eigenvalue weighted by molar-refractivity contribution is -0.123. The fraction of sp³-hybridized carbons (Fsp3) is 0.381. The molecule has 1 atom stereocenters. The number of halogens is 2. The maximum atomic E-state index is 14.7. The Labute approximate surface area is 162 Å². The van der Waals surface area contributed by atoms with Gasteiger partial charge in [0.2, 0.25) is 5.91 Å². The van der Waals surface area contributed by atoms with Gasteiger partial charge in [0.15, 0.2) is 11.6 Å². The zero-order chi connectivity index (χ0) is 20.1. The summed E-state index contributed by atoms with van der Waals surface area (Å²) < 4.78 is 28.6. The second-order valence-electron chi connectivity index (χ2n) is 7.76. The molecule has 2 aromatic rings. The standard InChI is InChI=1S/C21H22BF2NO3/c1-25-19-16(11-12-17(23)18(19)24)21(20(25)26,13-5-3-2-4-6-13)14-7-9-15(10-8-14)22(27)28/h7-13,27-28H,2-6H2,1H3/t21-/m1/s1. The largest absolute Gasteiger partial charge is 0.488 e. The summed E-state index contributed by atoms with van der Waals surface area (Å²) in [5, 5.41) is 18.8. The van der Waals surface area contributed by atoms with Crippen molar-refractivity contribution in [3.63, 3.8) is 0 Å². The van der Waals surface area contributed by atoms with E-state index in [1.807, 2.05) is 0 Å². The zero-order valence-corrected chi connectivity index (χ0v) is 15.7. The summed E-state index contributed by atoms with van der Waals surface area (Å²) in [6.45, 7) is 0. The lowest BCUT2D eigenvalue weighted by atomic mass is 9.61. The molecule has 1 heterocycles. The molecule has 28 heavy (non-hydrogen) atoms. The van der Waals surface area contributed by atoms with Crippen LogP contribution in [-0.4, -0.2) is 30.1 Å². The second kappa shape index (κ2) is 6.97. The summed E-state index contributed by atoms with van der Waals surface area (Å²) in [4.78, 5) is 14.8. The third-order valence-electron chi connectivity index (χ3n) is 6.35. The molecule has 4 nitrogen and oxygen atoms in total. The van der Waals surface area contributed by atoms with Crippen molar-refractivity contribution in [3.05, 3.63) is 59.2 Å². The third kappa shape index (κ3) is 2.60. The van der Waals surface area contributed by atoms with Gasteiger partial charge in [0.05, 0.1) is 5.69 Å². The number of likely N-dealkylation sites (N-methyl/N-ethyl adjacent to an activating group) is 1. The van der Waals surface area contributed by atoms with E-state index in [-0.39, 0.29) is 17.5 Å². The minimum atomic E-state index is -1.61. The number of nitrogens with zero attached hydrogens (tertiary/aromatic N) is 1. The van der Waals surface area contributed by atoms with Gasteiger partial charge in [-0.15, -0.1) is 0 Å². The number of carbonyl (C=O) groups is 1. The van der Waals surface area contributed by atoms with Crippen LogP contribution in [0, 0.1) is 17.6 Å². The molecule has 0 spiro atoms. The number of carbonyl (C=O) groups excluding carboxylic acids is 1. The Morgan fingerprint density at radius 2 is 1.68 bits per heavy atom. The van der Waals surface area contributed by atoms with Gasteiger partial charge >= 0.3 is 7.12 Å². The molecule has 0 unspecified atom stereocenters. The van der Waals surface area contributed by atoms with Gasteiger partial charge in [0.25, 0.3) is 0 Å². The van der Waals surface area contributed by atoms with E-state index in [2.05, 4.69) is 0 Å². The molecule has 1 aliphatic carbocycles. The summed E-state index contributed by atoms with van der Waals surface area (Å²) in [6.07, 6.45) is 4.70. The number of benzene rings is 2. The Morgan fingerprint density at radius 1 is 1.04 bits per heavy atom. The van der Waals surface area contributed by atoms with Gasteiger partial charge < -0.3 is 14.9 Å². The highest BCUT2D eigenvalue weighted by Crippen LogP contribution is 2.54. The number of hydrogen-bond donors (Lipinski definition) is 2. The lowest BCUT2D eigenvalue weighted by Gasteiger charge is -2.39. The number of rotatable bonds is 3. The van der Waals surface area contributed by atoms with E-state index in [4.69, 9.17) is 0 Å². The van der Waals surface area contributed by atoms with Crippen molar-refractivity contribution in [2.75, 3.05) is 11.9 Å². The van der Waals surface area contributed by atoms with Crippen molar-refractivity contribution in [1.82, 2.24) is 0 Å². The molecule has 1 aliphatic heterocycles. The molecule has 0 radical (unpaired) electrons. The molecule has 1 saturated carbocycles. The predicted octanol–water partition coefficient (Wildman–Crippen LogP) is 2.49. The van der Waals surface area contributed by atoms with Crippen molar-refractivity contribution in [1.29, 1.82) is 0 Å². The molecule has 0 bridgehead atoms. The average Bonchev–Trinajstić information content (AvgIpc) is 2.94. The van der Waals surface area contributed by atoms with Crippen LogP contribution < -0.4 is 10.4 Å². The number of anilines is 1. The second-order valence-corrected chi connectivity index (χ2v) is 7.76. The normalized spacial score (nSPS) is 22.5. The zero-order valence-electron chi connectivity index (χ0n) is 15.7. The molecule has 1 amide bonds. The van der Waals surface area contributed by atoms with Crippen molar-refractivity contribution in [3.8, 4) is 0 Å². The van der Waals surface area contributed by atoms with E-state index >= 15 is 0 Å². The first kappa shape index (κ1) is 19.1. The van der Waals surface area contributed by atoms with Crippen LogP contribution in [0.2, 0.25) is 0 Å². The first-order valence-electron chi connectivity index (χ1n) is 9.62. The van der Waals surface area contributed by atoms with Crippen molar-refractivity contribution in [2.24, 2.45) is 5.92 Å². The Balaban J connectivity index is 1.97. The number of hydrogen-bond acceptors (Lipinski definition) is 3. The van der Waals surface area contributed by atoms with Crippen molar-refractivity contribution in [2.45, 2.75) is 37.5 Å². The molecule has 0 aromatic heterocycles. The van der Waals surface area contributed by atoms with E-state index in [1.54, 1.807) is 24.3 Å². The van der Waals surface area contributed by atoms with E-state index in [9.17, 15) is 23.6 Å². The van der Waals surface area contributed by atoms with E-state index in [0.717, 1.165) is 38.2 Å². The molecular weight excluding hydrogens is 363 g/mol. The minimum Gasteiger partial charge on any atom is -0.423 e. The average molecular weight is 385 g/mol. The van der Waals surface area contributed by atoms with Crippen LogP contribution in [0.25, 0.3) is 0 Å². The summed E-state index contributed by atoms with van der Waals surface area (Å²) in [5.74, 6) is -2.28. The summed E-state index contributed by atoms with van der Waals surface area (Å²) in [6, 6.07) is 9.14. The van der Waals surface area contributed by atoms with E-state index < -0.39 is 24.2 Å². The van der Waals surface area contributed by atoms with Crippen LogP contribution in [0.5, 0.6) is 0 Å². The topological polar surface area (TPSA) is 60.8 Å². The molecule has 2 N–H and O–H groups in total. The van der Waals surface area contributed by atoms with Crippen LogP contribution in [-0.2, 0) is 10.2 Å². The maximum Gasteiger partial charge on any atom is 0.488 e. The molecule has 1 fully saturated rings. The van der Waals surface area contributed by atoms with Gasteiger partial charge in [-0.1, -0.05) is 49.6 Å². The quantitative estimate of drug-likeness (QED) is 0.799. The SMILES string of the molecule is CN1C(=O)[C@@](c2ccc(B(O)O)cc2)(C2CCCCC2)c2ccc(F)c(F)c21. The smallest absolute Gasteiger partial charge is 0.423 e. The summed E-state index contributed by atoms with van der Waals surface area (Å²) in [5.41, 5.74) is 0.375. The van der Waals surface area contributed by atoms with E-state index in [1.165, 1.54) is 18.0 Å². The number of amides is 1. The van der Waals surface area contributed by atoms with Crippen LogP contribution >= 0.6 is 0 Å². The fourth-order valence-corrected chi connectivity index (χ4v) is 5.03. The van der Waals surface area contributed by atoms with Crippen molar-refractivity contribution >= 4 is 24.2 Å². The molecule has 146 valence electrons. The lowest BCUT2D eigenvalue weighted by Crippen LogP contribution is -2.46. The molecular formula is C21H22BF2NO3. The third-order valence-corrected chi connectivity index (χ3v) is 6.35. The molecule has 2 aliphatic rings. The highest BCUT2D eigenvalue weighted by atomic mass is 19.2. The van der Waals surface area contributed by atoms with Gasteiger partial charge in [0, 0.05) is 7.05 Å². The highest BCUT2D eigenvalue weighted by molar-refractivity contribution is 6.58. The minimum absolute atomic E-state index is 0.00171. The first-order valence-corrected chi connectivity index (χ1v) is 9.62. The van der Waals surface area contributed by atoms with Gasteiger partial charge in [-0.05, 0) is 41.4 Å². The van der Waals surface area contributed by atoms with Crippen molar-refractivity contribution < 1.29 is 23.6 Å². The van der Waals surface area contributed by atoms with Gasteiger partial charge in [-0.2, -0.15) is 0 Å². The van der Waals surface area contributed by atoms with Crippen LogP contribution in [0.4, 0.5) is 14.5 Å². The first-order chi connectivity index (χ1) is 13.4. The summed E-state index contributed by atoms with van der Waals surface area (Å²) >= 11 is 0. The maximum absolute atomic E-state index is 14.7. The molecule has 0 saturated heterocycles. The molecule has 7 heteroatoms. The monoisotopic (exact) mass is 385 g/mol. The Kier molecular flexibility index (Phi) is 4.75. The van der Waals surface area contributed by atoms with Crippen LogP contribution in [0.15, 0.2) is 36.4 Å². The highest BCUT2D eigenvalue weighted by Gasteiger charge is 2.56. The predicted molar refractivity (Wildman–Crippen MR) is 103 cm³/mol. The number of fused-ring (bicyclic) bond motifs is 1. The Bertz CT molecular complexity index is 913. The Hall–Kier alpha value is -2.25. The van der Waals surface area contributed by atoms with Crippen LogP contribution in [0.3, 0.4) is 0 Å². The molecule has 2 aromatic carbocycles. The Morgan fingerprint density at radius 3 is 2.29 bits per heavy atom. The van der Waals surface area contributed by atoms with E-state index in [0.29, 0.717) is 16.6 Å². The fourth-order valence-electron chi connectivity index (χ4n) is 5.03. The van der Waals surface area contributed by atoms with Crippen LogP contribution in [0.1, 0.15) is 43.2 Å². The van der Waals surface area contributed by atoms with Gasteiger partial charge in [0.1, 0.15) is 5.41 Å². The summed E-state index contributed by atoms with van der Waals surface area (Å²) in [7, 11) is -0.124. The molecule has 4 rings (SSSR count). The van der Waals surface area contributed by atoms with Gasteiger partial charge in [-0.25, -0.2) is 8.78 Å². The van der Waals surface area contributed by atoms with Gasteiger partial charge in [-0.3, -0.25) is 4.79 Å².